The number of ether oxygens (including phenoxy) is 2. The molecule has 5 atom stereocenters. The number of halogens is 1. The van der Waals surface area contributed by atoms with Crippen molar-refractivity contribution >= 4 is 51.5 Å². The number of rotatable bonds is 7. The number of carbonyl (C=O) groups is 5. The van der Waals surface area contributed by atoms with Gasteiger partial charge in [0, 0.05) is 23.9 Å². The molecular weight excluding hydrogens is 786 g/mol. The Hall–Kier alpha value is -4.63. The quantitative estimate of drug-likeness (QED) is 0.313. The fraction of sp³-hybridized carbons (Fsp3) is 0.548. The van der Waals surface area contributed by atoms with Gasteiger partial charge in [-0.2, -0.15) is 0 Å². The number of alkyl carbamates (subject to hydrolysis) is 1. The van der Waals surface area contributed by atoms with E-state index in [9.17, 15) is 32.4 Å². The van der Waals surface area contributed by atoms with Crippen LogP contribution in [-0.4, -0.2) is 88.7 Å². The number of benzene rings is 2. The van der Waals surface area contributed by atoms with Crippen LogP contribution in [0.15, 0.2) is 60.7 Å². The van der Waals surface area contributed by atoms with Crippen molar-refractivity contribution in [2.24, 2.45) is 5.92 Å². The first-order valence-corrected chi connectivity index (χ1v) is 22.0. The van der Waals surface area contributed by atoms with E-state index in [4.69, 9.17) is 21.1 Å². The molecule has 0 radical (unpaired) electrons. The van der Waals surface area contributed by atoms with Gasteiger partial charge in [-0.15, -0.1) is 0 Å². The minimum Gasteiger partial charge on any atom is -0.444 e. The molecule has 2 saturated carbocycles. The highest BCUT2D eigenvalue weighted by atomic mass is 35.5. The van der Waals surface area contributed by atoms with Crippen molar-refractivity contribution < 1.29 is 41.9 Å². The average molecular weight is 838 g/mol. The van der Waals surface area contributed by atoms with Crippen LogP contribution in [-0.2, 0) is 53.4 Å². The Kier molecular flexibility index (Phi) is 11.6. The van der Waals surface area contributed by atoms with Crippen LogP contribution in [0.4, 0.5) is 9.59 Å². The van der Waals surface area contributed by atoms with Crippen LogP contribution in [0.2, 0.25) is 5.02 Å². The smallest absolute Gasteiger partial charge is 0.410 e. The zero-order valence-corrected chi connectivity index (χ0v) is 34.7. The van der Waals surface area contributed by atoms with Crippen molar-refractivity contribution in [3.63, 3.8) is 0 Å². The summed E-state index contributed by atoms with van der Waals surface area (Å²) in [4.78, 5) is 72.5. The lowest BCUT2D eigenvalue weighted by Crippen LogP contribution is -2.59. The number of sulfonamides is 1. The van der Waals surface area contributed by atoms with E-state index in [-0.39, 0.29) is 45.3 Å². The lowest BCUT2D eigenvalue weighted by Gasteiger charge is -2.30. The fourth-order valence-electron chi connectivity index (χ4n) is 8.31. The van der Waals surface area contributed by atoms with Crippen LogP contribution in [0.25, 0.3) is 0 Å². The largest absolute Gasteiger partial charge is 0.444 e. The summed E-state index contributed by atoms with van der Waals surface area (Å²) in [5, 5.41) is 6.11. The summed E-state index contributed by atoms with van der Waals surface area (Å²) in [6, 6.07) is 12.4. The van der Waals surface area contributed by atoms with Crippen molar-refractivity contribution in [2.75, 3.05) is 6.54 Å². The molecule has 58 heavy (non-hydrogen) atoms. The Labute approximate surface area is 344 Å². The second-order valence-corrected chi connectivity index (χ2v) is 19.8. The van der Waals surface area contributed by atoms with E-state index in [0.717, 1.165) is 29.5 Å². The predicted molar refractivity (Wildman–Crippen MR) is 215 cm³/mol. The molecule has 3 heterocycles. The van der Waals surface area contributed by atoms with Crippen LogP contribution >= 0.6 is 11.6 Å². The third kappa shape index (κ3) is 9.00. The van der Waals surface area contributed by atoms with E-state index >= 15 is 0 Å². The zero-order chi connectivity index (χ0) is 41.5. The number of nitrogens with zero attached hydrogens (tertiary/aromatic N) is 2. The standard InChI is InChI=1S/C42H52ClN5O9S/c1-40(2,3)57-38(52)44-33-18-11-6-4-5-10-16-29-23-42(29,37(51)46-58(54,55)41(19-20-41)22-27-13-8-7-9-14-27)45-35(49)34-21-30(25-48(34)36(33)50)56-39(53)47-24-28-15-12-17-32(43)31(28)26-47/h7-10,12-17,29-30,33-34H,4-6,11,18-26H2,1-3H3,(H,44,52)(H,45,49)(H,46,51)/b16-10-/t29-,30+,33-,34-,42-/m0/s1. The maximum absolute atomic E-state index is 14.5. The van der Waals surface area contributed by atoms with Crippen molar-refractivity contribution in [1.29, 1.82) is 0 Å². The Balaban J connectivity index is 1.13. The summed E-state index contributed by atoms with van der Waals surface area (Å²) in [6.07, 6.45) is 5.50. The number of fused-ring (bicyclic) bond motifs is 3. The molecule has 3 N–H and O–H groups in total. The molecule has 0 unspecified atom stereocenters. The number of amides is 5. The molecular formula is C42H52ClN5O9S. The first-order valence-electron chi connectivity index (χ1n) is 20.1. The van der Waals surface area contributed by atoms with Gasteiger partial charge in [0.25, 0.3) is 5.91 Å². The van der Waals surface area contributed by atoms with Crippen LogP contribution in [0.5, 0.6) is 0 Å². The molecule has 5 aliphatic rings. The second kappa shape index (κ2) is 16.2. The van der Waals surface area contributed by atoms with Gasteiger partial charge < -0.3 is 25.0 Å². The molecule has 3 aliphatic heterocycles. The van der Waals surface area contributed by atoms with Gasteiger partial charge in [-0.25, -0.2) is 18.0 Å². The molecule has 16 heteroatoms. The summed E-state index contributed by atoms with van der Waals surface area (Å²) in [7, 11) is -4.16. The van der Waals surface area contributed by atoms with Gasteiger partial charge in [0.05, 0.1) is 17.8 Å². The van der Waals surface area contributed by atoms with E-state index in [0.29, 0.717) is 30.7 Å². The Bertz CT molecular complexity index is 2090. The summed E-state index contributed by atoms with van der Waals surface area (Å²) >= 11 is 6.39. The van der Waals surface area contributed by atoms with E-state index in [1.807, 2.05) is 54.6 Å². The first-order chi connectivity index (χ1) is 27.5. The van der Waals surface area contributed by atoms with Gasteiger partial charge in [0.2, 0.25) is 21.8 Å². The molecule has 7 rings (SSSR count). The third-order valence-electron chi connectivity index (χ3n) is 11.8. The monoisotopic (exact) mass is 837 g/mol. The van der Waals surface area contributed by atoms with Crippen molar-refractivity contribution in [3.05, 3.63) is 82.4 Å². The number of hydrogen-bond acceptors (Lipinski definition) is 9. The highest BCUT2D eigenvalue weighted by molar-refractivity contribution is 7.91. The summed E-state index contributed by atoms with van der Waals surface area (Å²) in [5.41, 5.74) is 0.113. The molecule has 5 amide bonds. The molecule has 1 saturated heterocycles. The third-order valence-corrected chi connectivity index (χ3v) is 14.3. The SMILES string of the molecule is CC(C)(C)OC(=O)N[C@H]1CCCCC/C=C\[C@H]2C[C@]2(C(=O)NS(=O)(=O)C2(Cc3ccccc3)CC2)NC(=O)[C@@H]2C[C@@H](OC(=O)N3Cc4cccc(Cl)c4C3)CN2C1=O. The van der Waals surface area contributed by atoms with Gasteiger partial charge in [0.15, 0.2) is 0 Å². The van der Waals surface area contributed by atoms with Crippen LogP contribution in [0, 0.1) is 5.92 Å². The molecule has 2 aromatic rings. The normalized spacial score (nSPS) is 27.4. The molecule has 0 bridgehead atoms. The van der Waals surface area contributed by atoms with E-state index in [1.54, 1.807) is 26.8 Å². The topological polar surface area (TPSA) is 181 Å². The van der Waals surface area contributed by atoms with Crippen molar-refractivity contribution in [1.82, 2.24) is 25.2 Å². The second-order valence-electron chi connectivity index (χ2n) is 17.3. The fourth-order valence-corrected chi connectivity index (χ4v) is 10.2. The van der Waals surface area contributed by atoms with Gasteiger partial charge in [-0.3, -0.25) is 24.0 Å². The summed E-state index contributed by atoms with van der Waals surface area (Å²) < 4.78 is 40.4. The lowest BCUT2D eigenvalue weighted by atomic mass is 10.0. The Morgan fingerprint density at radius 1 is 1.00 bits per heavy atom. The molecule has 312 valence electrons. The lowest BCUT2D eigenvalue weighted by molar-refractivity contribution is -0.141. The maximum atomic E-state index is 14.5. The van der Waals surface area contributed by atoms with Gasteiger partial charge >= 0.3 is 12.2 Å². The van der Waals surface area contributed by atoms with Crippen molar-refractivity contribution in [3.8, 4) is 0 Å². The van der Waals surface area contributed by atoms with Gasteiger partial charge in [0.1, 0.15) is 29.3 Å². The maximum Gasteiger partial charge on any atom is 0.410 e. The first kappa shape index (κ1) is 41.5. The molecule has 0 aromatic heterocycles. The predicted octanol–water partition coefficient (Wildman–Crippen LogP) is 5.27. The number of allylic oxidation sites excluding steroid dienone is 1. The van der Waals surface area contributed by atoms with E-state index < -0.39 is 79.9 Å². The minimum atomic E-state index is -4.16. The van der Waals surface area contributed by atoms with Crippen LogP contribution in [0.1, 0.15) is 95.2 Å². The number of hydrogen-bond donors (Lipinski definition) is 3. The zero-order valence-electron chi connectivity index (χ0n) is 33.1. The van der Waals surface area contributed by atoms with Crippen LogP contribution < -0.4 is 15.4 Å². The molecule has 0 spiro atoms. The highest BCUT2D eigenvalue weighted by Gasteiger charge is 2.64. The molecule has 14 nitrogen and oxygen atoms in total. The average Bonchev–Trinajstić information content (AvgIpc) is 3.98. The van der Waals surface area contributed by atoms with Crippen molar-refractivity contribution in [2.45, 2.75) is 132 Å². The molecule has 3 fully saturated rings. The van der Waals surface area contributed by atoms with E-state index in [2.05, 4.69) is 15.4 Å². The Morgan fingerprint density at radius 2 is 1.76 bits per heavy atom. The Morgan fingerprint density at radius 3 is 2.47 bits per heavy atom. The van der Waals surface area contributed by atoms with Gasteiger partial charge in [-0.05, 0) is 88.5 Å². The number of carbonyl (C=O) groups excluding carboxylic acids is 5. The molecule has 2 aliphatic carbocycles. The molecule has 2 aromatic carbocycles. The summed E-state index contributed by atoms with van der Waals surface area (Å²) in [6.45, 7) is 5.48. The minimum absolute atomic E-state index is 0.0965. The highest BCUT2D eigenvalue weighted by Crippen LogP contribution is 2.49. The number of nitrogens with one attached hydrogen (secondary N) is 3. The van der Waals surface area contributed by atoms with Gasteiger partial charge in [-0.1, -0.05) is 79.1 Å². The van der Waals surface area contributed by atoms with Crippen LogP contribution in [0.3, 0.4) is 0 Å². The van der Waals surface area contributed by atoms with E-state index in [1.165, 1.54) is 9.80 Å². The summed E-state index contributed by atoms with van der Waals surface area (Å²) in [5.74, 6) is -2.60.